The summed E-state index contributed by atoms with van der Waals surface area (Å²) in [6.07, 6.45) is 0. The Hall–Kier alpha value is -6.25. The fourth-order valence-corrected chi connectivity index (χ4v) is 6.97. The molecule has 0 unspecified atom stereocenters. The molecule has 0 fully saturated rings. The lowest BCUT2D eigenvalue weighted by atomic mass is 9.92. The average molecular weight is 599 g/mol. The highest BCUT2D eigenvalue weighted by Crippen LogP contribution is 2.43. The van der Waals surface area contributed by atoms with Crippen LogP contribution in [0.3, 0.4) is 0 Å². The molecule has 0 aliphatic heterocycles. The summed E-state index contributed by atoms with van der Waals surface area (Å²) in [7, 11) is 0. The Kier molecular flexibility index (Phi) is 6.50. The van der Waals surface area contributed by atoms with Crippen LogP contribution in [-0.2, 0) is 0 Å². The number of rotatable bonds is 5. The number of hydrogen-bond acceptors (Lipinski definition) is 1. The average Bonchev–Trinajstić information content (AvgIpc) is 3.56. The van der Waals surface area contributed by atoms with Gasteiger partial charge in [0.25, 0.3) is 0 Å². The van der Waals surface area contributed by atoms with E-state index in [1.807, 2.05) is 0 Å². The van der Waals surface area contributed by atoms with Gasteiger partial charge < -0.3 is 0 Å². The van der Waals surface area contributed by atoms with E-state index in [1.165, 1.54) is 43.8 Å². The van der Waals surface area contributed by atoms with Crippen molar-refractivity contribution in [2.45, 2.75) is 0 Å². The molecule has 0 spiro atoms. The van der Waals surface area contributed by atoms with Crippen molar-refractivity contribution >= 4 is 27.1 Å². The molecule has 9 aromatic rings. The Labute approximate surface area is 273 Å². The van der Waals surface area contributed by atoms with Gasteiger partial charge in [-0.1, -0.05) is 164 Å². The van der Waals surface area contributed by atoms with Gasteiger partial charge >= 0.3 is 0 Å². The third-order valence-electron chi connectivity index (χ3n) is 9.19. The topological polar surface area (TPSA) is 17.3 Å². The second-order valence-corrected chi connectivity index (χ2v) is 12.0. The van der Waals surface area contributed by atoms with Crippen molar-refractivity contribution in [1.29, 1.82) is 0 Å². The Balaban J connectivity index is 1.37. The van der Waals surface area contributed by atoms with Crippen molar-refractivity contribution < 1.29 is 0 Å². The largest absolute Gasteiger partial charge is 0.231 e. The summed E-state index contributed by atoms with van der Waals surface area (Å²) < 4.78 is 2.17. The Bertz CT molecular complexity index is 2560. The lowest BCUT2D eigenvalue weighted by molar-refractivity contribution is 0.979. The minimum atomic E-state index is 0.964. The van der Waals surface area contributed by atoms with Gasteiger partial charge in [-0.05, 0) is 62.2 Å². The van der Waals surface area contributed by atoms with Gasteiger partial charge in [-0.15, -0.1) is 0 Å². The molecular weight excluding hydrogens is 569 g/mol. The van der Waals surface area contributed by atoms with Gasteiger partial charge in [0.1, 0.15) is 5.69 Å². The van der Waals surface area contributed by atoms with E-state index in [4.69, 9.17) is 5.10 Å². The van der Waals surface area contributed by atoms with Crippen molar-refractivity contribution in [3.63, 3.8) is 0 Å². The molecule has 0 atom stereocenters. The molecule has 0 amide bonds. The SMILES string of the molecule is c1ccc(-c2cccc(-c3nn4c(-c5ccccc5)cc5ccccc5c4c3-c3cccc(-c4cccc5ccccc45)c3)c2)cc1. The fraction of sp³-hybridized carbons (Fsp3) is 0. The van der Waals surface area contributed by atoms with E-state index in [0.717, 1.165) is 39.2 Å². The van der Waals surface area contributed by atoms with E-state index in [2.05, 4.69) is 187 Å². The Morgan fingerprint density at radius 2 is 0.915 bits per heavy atom. The van der Waals surface area contributed by atoms with E-state index in [9.17, 15) is 0 Å². The molecule has 0 aliphatic rings. The fourth-order valence-electron chi connectivity index (χ4n) is 6.97. The number of pyridine rings is 1. The van der Waals surface area contributed by atoms with E-state index in [0.29, 0.717) is 0 Å². The normalized spacial score (nSPS) is 11.4. The summed E-state index contributed by atoms with van der Waals surface area (Å²) in [5.74, 6) is 0. The summed E-state index contributed by atoms with van der Waals surface area (Å²) in [5, 5.41) is 10.3. The molecule has 9 rings (SSSR count). The van der Waals surface area contributed by atoms with Gasteiger partial charge in [-0.25, -0.2) is 4.52 Å². The molecule has 47 heavy (non-hydrogen) atoms. The van der Waals surface area contributed by atoms with Crippen LogP contribution in [0.4, 0.5) is 0 Å². The van der Waals surface area contributed by atoms with Crippen LogP contribution in [0.5, 0.6) is 0 Å². The highest BCUT2D eigenvalue weighted by atomic mass is 15.2. The molecule has 7 aromatic carbocycles. The van der Waals surface area contributed by atoms with E-state index in [1.54, 1.807) is 0 Å². The van der Waals surface area contributed by atoms with Crippen molar-refractivity contribution in [1.82, 2.24) is 9.61 Å². The quantitative estimate of drug-likeness (QED) is 0.193. The first-order valence-corrected chi connectivity index (χ1v) is 16.1. The van der Waals surface area contributed by atoms with Crippen molar-refractivity contribution in [3.05, 3.63) is 182 Å². The first kappa shape index (κ1) is 27.1. The van der Waals surface area contributed by atoms with E-state index < -0.39 is 0 Å². The maximum Gasteiger partial charge on any atom is 0.101 e. The summed E-state index contributed by atoms with van der Waals surface area (Å²) in [4.78, 5) is 0. The molecule has 0 N–H and O–H groups in total. The monoisotopic (exact) mass is 598 g/mol. The third kappa shape index (κ3) is 4.70. The summed E-state index contributed by atoms with van der Waals surface area (Å²) in [5.41, 5.74) is 12.4. The molecule has 0 saturated heterocycles. The molecule has 2 aromatic heterocycles. The van der Waals surface area contributed by atoms with Crippen LogP contribution in [0.2, 0.25) is 0 Å². The first-order valence-electron chi connectivity index (χ1n) is 16.1. The Morgan fingerprint density at radius 1 is 0.362 bits per heavy atom. The maximum atomic E-state index is 5.49. The van der Waals surface area contributed by atoms with Crippen LogP contribution >= 0.6 is 0 Å². The number of benzene rings is 7. The predicted molar refractivity (Wildman–Crippen MR) is 197 cm³/mol. The molecular formula is C45H30N2. The summed E-state index contributed by atoms with van der Waals surface area (Å²) in [6, 6.07) is 65.1. The second kappa shape index (κ2) is 11.3. The smallest absolute Gasteiger partial charge is 0.101 e. The van der Waals surface area contributed by atoms with Gasteiger partial charge in [0, 0.05) is 22.1 Å². The van der Waals surface area contributed by atoms with Crippen LogP contribution in [0.15, 0.2) is 182 Å². The zero-order chi connectivity index (χ0) is 31.2. The van der Waals surface area contributed by atoms with Crippen molar-refractivity contribution in [2.75, 3.05) is 0 Å². The summed E-state index contributed by atoms with van der Waals surface area (Å²) >= 11 is 0. The highest BCUT2D eigenvalue weighted by molar-refractivity contribution is 6.09. The lowest BCUT2D eigenvalue weighted by Crippen LogP contribution is -1.95. The standard InChI is InChI=1S/C45H30N2/c1-3-14-31(15-4-1)34-21-11-24-38(28-34)44-43(37-23-12-22-35(29-37)40-27-13-20-32-16-7-9-25-39(32)40)45-41-26-10-8-19-36(41)30-42(47(45)46-44)33-17-5-2-6-18-33/h1-30H. The number of hydrogen-bond donors (Lipinski definition) is 0. The molecule has 0 radical (unpaired) electrons. The maximum absolute atomic E-state index is 5.49. The molecule has 220 valence electrons. The molecule has 2 heteroatoms. The number of fused-ring (bicyclic) bond motifs is 4. The highest BCUT2D eigenvalue weighted by Gasteiger charge is 2.22. The molecule has 0 bridgehead atoms. The van der Waals surface area contributed by atoms with Crippen LogP contribution in [0.1, 0.15) is 0 Å². The lowest BCUT2D eigenvalue weighted by Gasteiger charge is -2.12. The van der Waals surface area contributed by atoms with Gasteiger partial charge in [0.05, 0.1) is 11.2 Å². The number of aromatic nitrogens is 2. The zero-order valence-electron chi connectivity index (χ0n) is 25.7. The van der Waals surface area contributed by atoms with Gasteiger partial charge in [0.2, 0.25) is 0 Å². The minimum absolute atomic E-state index is 0.964. The summed E-state index contributed by atoms with van der Waals surface area (Å²) in [6.45, 7) is 0. The van der Waals surface area contributed by atoms with Crippen LogP contribution in [0, 0.1) is 0 Å². The van der Waals surface area contributed by atoms with Crippen LogP contribution in [0.25, 0.3) is 83.0 Å². The Morgan fingerprint density at radius 3 is 1.72 bits per heavy atom. The molecule has 0 saturated carbocycles. The van der Waals surface area contributed by atoms with Crippen LogP contribution < -0.4 is 0 Å². The van der Waals surface area contributed by atoms with Gasteiger partial charge in [-0.2, -0.15) is 5.10 Å². The van der Waals surface area contributed by atoms with Gasteiger partial charge in [-0.3, -0.25) is 0 Å². The second-order valence-electron chi connectivity index (χ2n) is 12.0. The first-order chi connectivity index (χ1) is 23.3. The zero-order valence-corrected chi connectivity index (χ0v) is 25.7. The molecule has 2 nitrogen and oxygen atoms in total. The van der Waals surface area contributed by atoms with Crippen LogP contribution in [-0.4, -0.2) is 9.61 Å². The third-order valence-corrected chi connectivity index (χ3v) is 9.19. The van der Waals surface area contributed by atoms with E-state index >= 15 is 0 Å². The molecule has 0 aliphatic carbocycles. The predicted octanol–water partition coefficient (Wildman–Crippen LogP) is 12.0. The van der Waals surface area contributed by atoms with Crippen molar-refractivity contribution in [2.24, 2.45) is 0 Å². The number of nitrogens with zero attached hydrogens (tertiary/aromatic N) is 2. The minimum Gasteiger partial charge on any atom is -0.231 e. The van der Waals surface area contributed by atoms with Gasteiger partial charge in [0.15, 0.2) is 0 Å². The van der Waals surface area contributed by atoms with E-state index in [-0.39, 0.29) is 0 Å². The van der Waals surface area contributed by atoms with Crippen molar-refractivity contribution in [3.8, 4) is 55.9 Å². The molecule has 2 heterocycles.